The monoisotopic (exact) mass is 377 g/mol. The second-order valence-corrected chi connectivity index (χ2v) is 6.99. The molecule has 7 heteroatoms. The predicted octanol–water partition coefficient (Wildman–Crippen LogP) is 3.82. The van der Waals surface area contributed by atoms with Crippen LogP contribution in [0, 0.1) is 0 Å². The summed E-state index contributed by atoms with van der Waals surface area (Å²) >= 11 is 0.962. The average molecular weight is 377 g/mol. The fraction of sp³-hybridized carbons (Fsp3) is 0.0500. The number of aliphatic imine (C=N–C) groups is 1. The van der Waals surface area contributed by atoms with Crippen molar-refractivity contribution in [2.75, 3.05) is 5.32 Å². The van der Waals surface area contributed by atoms with E-state index in [9.17, 15) is 14.7 Å². The number of nitrogens with one attached hydrogen (secondary N) is 1. The topological polar surface area (TPSA) is 83.7 Å². The molecule has 27 heavy (non-hydrogen) atoms. The smallest absolute Gasteiger partial charge is 0.315 e. The van der Waals surface area contributed by atoms with Crippen LogP contribution in [0.2, 0.25) is 0 Å². The molecule has 1 aliphatic heterocycles. The van der Waals surface area contributed by atoms with E-state index in [4.69, 9.17) is 0 Å². The number of aromatic nitrogens is 1. The molecule has 0 spiro atoms. The highest BCUT2D eigenvalue weighted by molar-refractivity contribution is 7.10. The summed E-state index contributed by atoms with van der Waals surface area (Å²) in [5.41, 5.74) is 3.81. The molecule has 3 aromatic rings. The molecular weight excluding hydrogens is 362 g/mol. The Balaban J connectivity index is 1.71. The number of thiazole rings is 1. The minimum atomic E-state index is -0.296. The number of carbonyl (C=O) groups is 1. The van der Waals surface area contributed by atoms with Crippen LogP contribution in [0.25, 0.3) is 17.3 Å². The maximum absolute atomic E-state index is 12.4. The van der Waals surface area contributed by atoms with E-state index in [2.05, 4.69) is 10.3 Å². The highest BCUT2D eigenvalue weighted by Gasteiger charge is 2.17. The maximum atomic E-state index is 12.4. The van der Waals surface area contributed by atoms with Crippen molar-refractivity contribution < 1.29 is 9.90 Å². The Morgan fingerprint density at radius 3 is 2.67 bits per heavy atom. The van der Waals surface area contributed by atoms with Crippen LogP contribution < -0.4 is 10.2 Å². The van der Waals surface area contributed by atoms with Crippen molar-refractivity contribution in [1.29, 1.82) is 0 Å². The Kier molecular flexibility index (Phi) is 4.21. The van der Waals surface area contributed by atoms with E-state index < -0.39 is 0 Å². The van der Waals surface area contributed by atoms with Crippen molar-refractivity contribution in [1.82, 2.24) is 4.57 Å². The largest absolute Gasteiger partial charge is 0.493 e. The molecule has 0 unspecified atom stereocenters. The second kappa shape index (κ2) is 6.69. The quantitative estimate of drug-likeness (QED) is 0.728. The van der Waals surface area contributed by atoms with E-state index in [1.165, 1.54) is 11.5 Å². The van der Waals surface area contributed by atoms with Crippen LogP contribution >= 0.6 is 11.3 Å². The summed E-state index contributed by atoms with van der Waals surface area (Å²) in [7, 11) is 0. The van der Waals surface area contributed by atoms with Crippen LogP contribution in [0.1, 0.15) is 17.4 Å². The number of rotatable bonds is 3. The van der Waals surface area contributed by atoms with Crippen molar-refractivity contribution in [3.8, 4) is 11.6 Å². The first-order valence-electron chi connectivity index (χ1n) is 8.21. The van der Waals surface area contributed by atoms with E-state index in [1.807, 2.05) is 24.3 Å². The molecule has 1 aliphatic rings. The number of carbonyl (C=O) groups excluding carboxylic acids is 1. The van der Waals surface area contributed by atoms with Gasteiger partial charge >= 0.3 is 4.87 Å². The number of nitrogens with zero attached hydrogens (tertiary/aromatic N) is 2. The molecule has 0 saturated carbocycles. The number of benzene rings is 2. The fourth-order valence-corrected chi connectivity index (χ4v) is 3.74. The normalized spacial score (nSPS) is 13.7. The number of amides is 1. The minimum absolute atomic E-state index is 0.123. The summed E-state index contributed by atoms with van der Waals surface area (Å²) in [6.45, 7) is 1.42. The van der Waals surface area contributed by atoms with Gasteiger partial charge in [0.05, 0.1) is 16.3 Å². The van der Waals surface area contributed by atoms with Crippen LogP contribution in [-0.2, 0) is 4.79 Å². The Morgan fingerprint density at radius 2 is 1.93 bits per heavy atom. The van der Waals surface area contributed by atoms with Crippen LogP contribution in [0.4, 0.5) is 11.4 Å². The number of anilines is 1. The molecule has 0 bridgehead atoms. The maximum Gasteiger partial charge on any atom is 0.315 e. The van der Waals surface area contributed by atoms with Crippen molar-refractivity contribution in [3.05, 3.63) is 68.6 Å². The molecule has 1 aromatic heterocycles. The molecular formula is C20H15N3O3S. The Labute approximate surface area is 158 Å². The lowest BCUT2D eigenvalue weighted by atomic mass is 10.1. The van der Waals surface area contributed by atoms with E-state index in [0.717, 1.165) is 28.2 Å². The molecule has 0 aliphatic carbocycles. The number of allylic oxidation sites excluding steroid dienone is 1. The molecule has 2 N–H and O–H groups in total. The molecule has 0 saturated heterocycles. The van der Waals surface area contributed by atoms with Crippen LogP contribution in [0.3, 0.4) is 0 Å². The standard InChI is InChI=1S/C20H15N3O3S/c1-12(24)22-14-6-8-15(9-7-14)23-19(25)18(27-20(23)26)10-13-11-21-17-5-3-2-4-16(13)17/h2-11,25H,1H3,(H,22,24)/b13-10+. The van der Waals surface area contributed by atoms with Gasteiger partial charge in [-0.15, -0.1) is 0 Å². The average Bonchev–Trinajstić information content (AvgIpc) is 3.17. The molecule has 134 valence electrons. The second-order valence-electron chi connectivity index (χ2n) is 5.99. The summed E-state index contributed by atoms with van der Waals surface area (Å²) in [5.74, 6) is -0.298. The zero-order chi connectivity index (χ0) is 19.0. The number of hydrogen-bond donors (Lipinski definition) is 2. The van der Waals surface area contributed by atoms with Crippen molar-refractivity contribution in [3.63, 3.8) is 0 Å². The molecule has 2 heterocycles. The minimum Gasteiger partial charge on any atom is -0.493 e. The van der Waals surface area contributed by atoms with Gasteiger partial charge < -0.3 is 10.4 Å². The first-order valence-corrected chi connectivity index (χ1v) is 9.02. The lowest BCUT2D eigenvalue weighted by Gasteiger charge is -2.06. The number of para-hydroxylation sites is 1. The molecule has 0 atom stereocenters. The summed E-state index contributed by atoms with van der Waals surface area (Å²) in [4.78, 5) is 28.0. The third-order valence-electron chi connectivity index (χ3n) is 4.10. The predicted molar refractivity (Wildman–Crippen MR) is 108 cm³/mol. The zero-order valence-electron chi connectivity index (χ0n) is 14.3. The van der Waals surface area contributed by atoms with E-state index in [1.54, 1.807) is 36.6 Å². The fourth-order valence-electron chi connectivity index (χ4n) is 2.90. The van der Waals surface area contributed by atoms with Gasteiger partial charge in [0, 0.05) is 30.0 Å². The van der Waals surface area contributed by atoms with E-state index >= 15 is 0 Å². The molecule has 0 radical (unpaired) electrons. The molecule has 0 fully saturated rings. The third-order valence-corrected chi connectivity index (χ3v) is 4.98. The SMILES string of the molecule is CC(=O)Nc1ccc(-n2c(O)c(/C=C3\C=Nc4ccccc43)sc2=O)cc1. The zero-order valence-corrected chi connectivity index (χ0v) is 15.2. The van der Waals surface area contributed by atoms with Crippen molar-refractivity contribution >= 4 is 46.5 Å². The van der Waals surface area contributed by atoms with Gasteiger partial charge in [-0.1, -0.05) is 29.5 Å². The van der Waals surface area contributed by atoms with E-state index in [0.29, 0.717) is 16.3 Å². The van der Waals surface area contributed by atoms with Gasteiger partial charge in [-0.25, -0.2) is 4.57 Å². The summed E-state index contributed by atoms with van der Waals surface area (Å²) < 4.78 is 1.24. The first kappa shape index (κ1) is 17.0. The van der Waals surface area contributed by atoms with E-state index in [-0.39, 0.29) is 16.7 Å². The highest BCUT2D eigenvalue weighted by atomic mass is 32.1. The van der Waals surface area contributed by atoms with Crippen molar-refractivity contribution in [2.45, 2.75) is 6.92 Å². The highest BCUT2D eigenvalue weighted by Crippen LogP contribution is 2.34. The summed E-state index contributed by atoms with van der Waals surface area (Å²) in [6, 6.07) is 14.4. The van der Waals surface area contributed by atoms with Crippen LogP contribution in [0.15, 0.2) is 58.3 Å². The number of fused-ring (bicyclic) bond motifs is 1. The molecule has 4 rings (SSSR count). The summed E-state index contributed by atoms with van der Waals surface area (Å²) in [5, 5.41) is 13.3. The van der Waals surface area contributed by atoms with Gasteiger partial charge in [0.2, 0.25) is 11.8 Å². The number of aromatic hydroxyl groups is 1. The van der Waals surface area contributed by atoms with Gasteiger partial charge in [0.15, 0.2) is 0 Å². The van der Waals surface area contributed by atoms with Gasteiger partial charge in [-0.05, 0) is 36.4 Å². The lowest BCUT2D eigenvalue weighted by molar-refractivity contribution is -0.114. The first-order chi connectivity index (χ1) is 13.0. The summed E-state index contributed by atoms with van der Waals surface area (Å²) in [6.07, 6.45) is 3.49. The van der Waals surface area contributed by atoms with Gasteiger partial charge in [0.25, 0.3) is 0 Å². The third kappa shape index (κ3) is 3.20. The van der Waals surface area contributed by atoms with Crippen LogP contribution in [-0.4, -0.2) is 21.8 Å². The van der Waals surface area contributed by atoms with Gasteiger partial charge in [-0.3, -0.25) is 14.6 Å². The molecule has 1 amide bonds. The van der Waals surface area contributed by atoms with Gasteiger partial charge in [-0.2, -0.15) is 0 Å². The van der Waals surface area contributed by atoms with Gasteiger partial charge in [0.1, 0.15) is 0 Å². The van der Waals surface area contributed by atoms with Crippen LogP contribution in [0.5, 0.6) is 5.88 Å². The lowest BCUT2D eigenvalue weighted by Crippen LogP contribution is -2.10. The number of hydrogen-bond acceptors (Lipinski definition) is 5. The molecule has 6 nitrogen and oxygen atoms in total. The Morgan fingerprint density at radius 1 is 1.19 bits per heavy atom. The molecule has 2 aromatic carbocycles. The van der Waals surface area contributed by atoms with Crippen molar-refractivity contribution in [2.24, 2.45) is 4.99 Å². The Bertz CT molecular complexity index is 1150. The Hall–Kier alpha value is -3.45.